The third-order valence-electron chi connectivity index (χ3n) is 2.01. The molecule has 0 spiro atoms. The highest BCUT2D eigenvalue weighted by Gasteiger charge is 2.09. The van der Waals surface area contributed by atoms with E-state index >= 15 is 0 Å². The van der Waals surface area contributed by atoms with Gasteiger partial charge in [-0.25, -0.2) is 0 Å². The molecule has 11 heavy (non-hydrogen) atoms. The van der Waals surface area contributed by atoms with Gasteiger partial charge in [0, 0.05) is 12.7 Å². The Kier molecular flexibility index (Phi) is 1.53. The molecule has 58 valence electrons. The summed E-state index contributed by atoms with van der Waals surface area (Å²) in [5.41, 5.74) is 3.74. The molecule has 1 N–H and O–H groups in total. The largest absolute Gasteiger partial charge is 0.360 e. The van der Waals surface area contributed by atoms with Crippen LogP contribution in [0.1, 0.15) is 24.1 Å². The van der Waals surface area contributed by atoms with Crippen LogP contribution in [0, 0.1) is 6.92 Å². The highest BCUT2D eigenvalue weighted by molar-refractivity contribution is 6.00. The Balaban J connectivity index is 2.28. The summed E-state index contributed by atoms with van der Waals surface area (Å²) in [7, 11) is 0. The predicted octanol–water partition coefficient (Wildman–Crippen LogP) is 1.91. The topological polar surface area (TPSA) is 28.1 Å². The number of H-pyrrole nitrogens is 1. The molecule has 0 atom stereocenters. The molecule has 1 aromatic heterocycles. The van der Waals surface area contributed by atoms with E-state index in [1.165, 1.54) is 23.4 Å². The van der Waals surface area contributed by atoms with Crippen molar-refractivity contribution in [2.45, 2.75) is 19.8 Å². The molecule has 1 aliphatic heterocycles. The van der Waals surface area contributed by atoms with E-state index in [4.69, 9.17) is 0 Å². The van der Waals surface area contributed by atoms with Gasteiger partial charge >= 0.3 is 0 Å². The minimum atomic E-state index is 1.01. The molecule has 0 bridgehead atoms. The second-order valence-electron chi connectivity index (χ2n) is 3.02. The van der Waals surface area contributed by atoms with Crippen molar-refractivity contribution in [1.29, 1.82) is 0 Å². The molecule has 0 saturated carbocycles. The average Bonchev–Trinajstić information content (AvgIpc) is 2.55. The normalized spacial score (nSPS) is 17.0. The molecular weight excluding hydrogens is 136 g/mol. The van der Waals surface area contributed by atoms with Gasteiger partial charge in [0.2, 0.25) is 0 Å². The van der Waals surface area contributed by atoms with Gasteiger partial charge in [-0.3, -0.25) is 4.99 Å². The van der Waals surface area contributed by atoms with Gasteiger partial charge in [0.15, 0.2) is 0 Å². The molecule has 2 rings (SSSR count). The summed E-state index contributed by atoms with van der Waals surface area (Å²) in [5, 5.41) is 0. The standard InChI is InChI=1S/C9H12N2/c1-7-5-9(11-6-7)8-3-2-4-10-8/h5-6,11H,2-4H2,1H3. The number of aromatic nitrogens is 1. The SMILES string of the molecule is Cc1c[nH]c(C2=NCCC2)c1. The van der Waals surface area contributed by atoms with Gasteiger partial charge in [-0.1, -0.05) is 0 Å². The summed E-state index contributed by atoms with van der Waals surface area (Å²) in [4.78, 5) is 7.62. The highest BCUT2D eigenvalue weighted by atomic mass is 14.8. The number of aryl methyl sites for hydroxylation is 1. The number of aliphatic imine (C=N–C) groups is 1. The number of nitrogens with one attached hydrogen (secondary N) is 1. The van der Waals surface area contributed by atoms with Crippen LogP contribution in [0.2, 0.25) is 0 Å². The summed E-state index contributed by atoms with van der Waals surface area (Å²) in [5.74, 6) is 0. The minimum absolute atomic E-state index is 1.01. The van der Waals surface area contributed by atoms with Crippen LogP contribution in [-0.4, -0.2) is 17.2 Å². The first-order valence-electron chi connectivity index (χ1n) is 4.05. The molecule has 0 aromatic carbocycles. The molecule has 1 aliphatic rings. The fraction of sp³-hybridized carbons (Fsp3) is 0.444. The third kappa shape index (κ3) is 1.20. The van der Waals surface area contributed by atoms with E-state index in [1.807, 2.05) is 6.20 Å². The summed E-state index contributed by atoms with van der Waals surface area (Å²) >= 11 is 0. The monoisotopic (exact) mass is 148 g/mol. The van der Waals surface area contributed by atoms with Gasteiger partial charge in [-0.05, 0) is 31.4 Å². The predicted molar refractivity (Wildman–Crippen MR) is 46.2 cm³/mol. The molecule has 2 heteroatoms. The van der Waals surface area contributed by atoms with E-state index in [1.54, 1.807) is 0 Å². The molecule has 0 unspecified atom stereocenters. The van der Waals surface area contributed by atoms with Crippen molar-refractivity contribution in [3.8, 4) is 0 Å². The maximum Gasteiger partial charge on any atom is 0.0597 e. The first kappa shape index (κ1) is 6.65. The molecule has 0 saturated heterocycles. The molecule has 2 heterocycles. The van der Waals surface area contributed by atoms with Crippen LogP contribution in [0.4, 0.5) is 0 Å². The van der Waals surface area contributed by atoms with Crippen LogP contribution in [-0.2, 0) is 0 Å². The van der Waals surface area contributed by atoms with Crippen molar-refractivity contribution < 1.29 is 0 Å². The Bertz CT molecular complexity index is 284. The van der Waals surface area contributed by atoms with E-state index in [0.29, 0.717) is 0 Å². The van der Waals surface area contributed by atoms with Crippen molar-refractivity contribution in [3.05, 3.63) is 23.5 Å². The first-order chi connectivity index (χ1) is 5.36. The Morgan fingerprint density at radius 1 is 1.55 bits per heavy atom. The maximum atomic E-state index is 4.40. The number of rotatable bonds is 1. The van der Waals surface area contributed by atoms with Gasteiger partial charge in [-0.15, -0.1) is 0 Å². The van der Waals surface area contributed by atoms with E-state index in [2.05, 4.69) is 23.0 Å². The molecule has 0 fully saturated rings. The van der Waals surface area contributed by atoms with Crippen LogP contribution < -0.4 is 0 Å². The Labute approximate surface area is 66.4 Å². The summed E-state index contributed by atoms with van der Waals surface area (Å²) in [6, 6.07) is 2.16. The second kappa shape index (κ2) is 2.53. The summed E-state index contributed by atoms with van der Waals surface area (Å²) < 4.78 is 0. The van der Waals surface area contributed by atoms with E-state index in [0.717, 1.165) is 13.0 Å². The number of nitrogens with zero attached hydrogens (tertiary/aromatic N) is 1. The minimum Gasteiger partial charge on any atom is -0.360 e. The van der Waals surface area contributed by atoms with Crippen LogP contribution >= 0.6 is 0 Å². The van der Waals surface area contributed by atoms with Crippen LogP contribution in [0.5, 0.6) is 0 Å². The van der Waals surface area contributed by atoms with Gasteiger partial charge in [0.1, 0.15) is 0 Å². The molecule has 0 radical (unpaired) electrons. The third-order valence-corrected chi connectivity index (χ3v) is 2.01. The highest BCUT2D eigenvalue weighted by Crippen LogP contribution is 2.12. The maximum absolute atomic E-state index is 4.40. The number of hydrogen-bond acceptors (Lipinski definition) is 1. The fourth-order valence-electron chi connectivity index (χ4n) is 1.43. The van der Waals surface area contributed by atoms with E-state index < -0.39 is 0 Å². The van der Waals surface area contributed by atoms with Crippen molar-refractivity contribution >= 4 is 5.71 Å². The Morgan fingerprint density at radius 2 is 2.45 bits per heavy atom. The fourth-order valence-corrected chi connectivity index (χ4v) is 1.43. The van der Waals surface area contributed by atoms with E-state index in [-0.39, 0.29) is 0 Å². The average molecular weight is 148 g/mol. The molecule has 0 aliphatic carbocycles. The van der Waals surface area contributed by atoms with Crippen molar-refractivity contribution in [1.82, 2.24) is 4.98 Å². The van der Waals surface area contributed by atoms with Crippen molar-refractivity contribution in [2.24, 2.45) is 4.99 Å². The molecular formula is C9H12N2. The lowest BCUT2D eigenvalue weighted by Crippen LogP contribution is -1.94. The Hall–Kier alpha value is -1.05. The summed E-state index contributed by atoms with van der Waals surface area (Å²) in [6.45, 7) is 3.10. The van der Waals surface area contributed by atoms with Gasteiger partial charge < -0.3 is 4.98 Å². The number of hydrogen-bond donors (Lipinski definition) is 1. The van der Waals surface area contributed by atoms with Gasteiger partial charge in [0.25, 0.3) is 0 Å². The Morgan fingerprint density at radius 3 is 3.00 bits per heavy atom. The quantitative estimate of drug-likeness (QED) is 0.630. The lowest BCUT2D eigenvalue weighted by molar-refractivity contribution is 0.951. The lowest BCUT2D eigenvalue weighted by Gasteiger charge is -1.92. The molecule has 0 amide bonds. The number of aromatic amines is 1. The van der Waals surface area contributed by atoms with Crippen LogP contribution in [0.25, 0.3) is 0 Å². The van der Waals surface area contributed by atoms with Crippen LogP contribution in [0.3, 0.4) is 0 Å². The van der Waals surface area contributed by atoms with Crippen molar-refractivity contribution in [2.75, 3.05) is 6.54 Å². The first-order valence-corrected chi connectivity index (χ1v) is 4.05. The van der Waals surface area contributed by atoms with Crippen molar-refractivity contribution in [3.63, 3.8) is 0 Å². The van der Waals surface area contributed by atoms with Gasteiger partial charge in [-0.2, -0.15) is 0 Å². The second-order valence-corrected chi connectivity index (χ2v) is 3.02. The van der Waals surface area contributed by atoms with Gasteiger partial charge in [0.05, 0.1) is 11.4 Å². The zero-order valence-corrected chi connectivity index (χ0v) is 6.72. The molecule has 1 aromatic rings. The van der Waals surface area contributed by atoms with Crippen LogP contribution in [0.15, 0.2) is 17.3 Å². The zero-order chi connectivity index (χ0) is 7.68. The lowest BCUT2D eigenvalue weighted by atomic mass is 10.2. The molecule has 2 nitrogen and oxygen atoms in total. The smallest absolute Gasteiger partial charge is 0.0597 e. The zero-order valence-electron chi connectivity index (χ0n) is 6.72. The van der Waals surface area contributed by atoms with E-state index in [9.17, 15) is 0 Å². The summed E-state index contributed by atoms with van der Waals surface area (Å²) in [6.07, 6.45) is 4.38.